The van der Waals surface area contributed by atoms with Gasteiger partial charge in [-0.05, 0) is 54.4 Å². The minimum Gasteiger partial charge on any atom is -0.473 e. The fourth-order valence-corrected chi connectivity index (χ4v) is 2.13. The van der Waals surface area contributed by atoms with Gasteiger partial charge in [-0.15, -0.1) is 0 Å². The van der Waals surface area contributed by atoms with Crippen molar-refractivity contribution in [2.75, 3.05) is 5.73 Å². The van der Waals surface area contributed by atoms with Crippen molar-refractivity contribution in [3.63, 3.8) is 0 Å². The Morgan fingerprint density at radius 2 is 1.90 bits per heavy atom. The number of nitrogens with zero attached hydrogens (tertiary/aromatic N) is 2. The molecule has 0 saturated heterocycles. The lowest BCUT2D eigenvalue weighted by Crippen LogP contribution is -2.10. The van der Waals surface area contributed by atoms with Gasteiger partial charge >= 0.3 is 0 Å². The first-order chi connectivity index (χ1) is 9.47. The van der Waals surface area contributed by atoms with Crippen LogP contribution in [0.5, 0.6) is 17.5 Å². The Morgan fingerprint density at radius 3 is 2.55 bits per heavy atom. The van der Waals surface area contributed by atoms with Crippen molar-refractivity contribution in [1.82, 2.24) is 9.97 Å². The Bertz CT molecular complexity index is 617. The van der Waals surface area contributed by atoms with E-state index in [2.05, 4.69) is 25.9 Å². The molecule has 0 amide bonds. The lowest BCUT2D eigenvalue weighted by molar-refractivity contribution is 0.232. The van der Waals surface area contributed by atoms with Crippen LogP contribution in [0.3, 0.4) is 0 Å². The van der Waals surface area contributed by atoms with Crippen molar-refractivity contribution >= 4 is 21.6 Å². The third kappa shape index (κ3) is 3.39. The molecule has 0 atom stereocenters. The molecule has 0 saturated carbocycles. The summed E-state index contributed by atoms with van der Waals surface area (Å²) in [5.74, 6) is 1.24. The molecule has 0 aliphatic heterocycles. The molecule has 5 nitrogen and oxygen atoms in total. The fraction of sp³-hybridized carbons (Fsp3) is 0.286. The highest BCUT2D eigenvalue weighted by atomic mass is 79.9. The van der Waals surface area contributed by atoms with Crippen molar-refractivity contribution < 1.29 is 9.47 Å². The van der Waals surface area contributed by atoms with Crippen molar-refractivity contribution in [3.05, 3.63) is 34.6 Å². The third-order valence-corrected chi connectivity index (χ3v) is 3.07. The van der Waals surface area contributed by atoms with Crippen molar-refractivity contribution in [3.8, 4) is 17.5 Å². The van der Waals surface area contributed by atoms with E-state index in [9.17, 15) is 0 Å². The zero-order valence-electron chi connectivity index (χ0n) is 11.6. The third-order valence-electron chi connectivity index (χ3n) is 2.45. The topological polar surface area (TPSA) is 70.3 Å². The number of hydrogen-bond acceptors (Lipinski definition) is 5. The number of ether oxygens (including phenoxy) is 2. The lowest BCUT2D eigenvalue weighted by atomic mass is 10.2. The van der Waals surface area contributed by atoms with Gasteiger partial charge in [0.2, 0.25) is 11.8 Å². The van der Waals surface area contributed by atoms with Gasteiger partial charge in [0.05, 0.1) is 10.6 Å². The molecular formula is C14H16BrN3O2. The fourth-order valence-electron chi connectivity index (χ4n) is 1.56. The smallest absolute Gasteiger partial charge is 0.249 e. The Balaban J connectivity index is 2.29. The molecule has 0 spiro atoms. The van der Waals surface area contributed by atoms with Gasteiger partial charge in [0.25, 0.3) is 0 Å². The van der Waals surface area contributed by atoms with Crippen molar-refractivity contribution in [2.45, 2.75) is 26.9 Å². The Morgan fingerprint density at radius 1 is 1.20 bits per heavy atom. The van der Waals surface area contributed by atoms with Crippen LogP contribution < -0.4 is 15.2 Å². The maximum Gasteiger partial charge on any atom is 0.249 e. The monoisotopic (exact) mass is 337 g/mol. The number of nitrogen functional groups attached to an aromatic ring is 1. The summed E-state index contributed by atoms with van der Waals surface area (Å²) in [7, 11) is 0. The maximum absolute atomic E-state index is 5.97. The van der Waals surface area contributed by atoms with Crippen LogP contribution in [0, 0.1) is 6.92 Å². The second-order valence-corrected chi connectivity index (χ2v) is 5.45. The number of anilines is 1. The second kappa shape index (κ2) is 6.09. The standard InChI is InChI=1S/C14H16BrN3O2/c1-8(2)19-13-12(16)14(18-7-17-13)20-11-5-4-9(3)6-10(11)15/h4-8H,16H2,1-3H3. The normalized spacial score (nSPS) is 10.7. The van der Waals surface area contributed by atoms with E-state index in [1.807, 2.05) is 39.0 Å². The van der Waals surface area contributed by atoms with E-state index >= 15 is 0 Å². The van der Waals surface area contributed by atoms with Gasteiger partial charge in [0.15, 0.2) is 5.69 Å². The van der Waals surface area contributed by atoms with Gasteiger partial charge < -0.3 is 15.2 Å². The SMILES string of the molecule is Cc1ccc(Oc2ncnc(OC(C)C)c2N)c(Br)c1. The Hall–Kier alpha value is -1.82. The minimum atomic E-state index is -0.0221. The predicted molar refractivity (Wildman–Crippen MR) is 81.2 cm³/mol. The molecule has 1 aromatic heterocycles. The predicted octanol–water partition coefficient (Wildman–Crippen LogP) is 3.71. The van der Waals surface area contributed by atoms with Gasteiger partial charge in [0, 0.05) is 0 Å². The van der Waals surface area contributed by atoms with Crippen LogP contribution in [0.2, 0.25) is 0 Å². The highest BCUT2D eigenvalue weighted by molar-refractivity contribution is 9.10. The summed E-state index contributed by atoms with van der Waals surface area (Å²) in [4.78, 5) is 8.05. The van der Waals surface area contributed by atoms with Crippen LogP contribution in [0.25, 0.3) is 0 Å². The van der Waals surface area contributed by atoms with Crippen LogP contribution in [0.4, 0.5) is 5.69 Å². The van der Waals surface area contributed by atoms with Crippen LogP contribution >= 0.6 is 15.9 Å². The quantitative estimate of drug-likeness (QED) is 0.920. The van der Waals surface area contributed by atoms with Gasteiger partial charge in [-0.25, -0.2) is 0 Å². The van der Waals surface area contributed by atoms with Gasteiger partial charge in [-0.1, -0.05) is 6.07 Å². The molecular weight excluding hydrogens is 322 g/mol. The summed E-state index contributed by atoms with van der Waals surface area (Å²) < 4.78 is 12.1. The van der Waals surface area contributed by atoms with Crippen LogP contribution in [0.1, 0.15) is 19.4 Å². The first-order valence-electron chi connectivity index (χ1n) is 6.18. The van der Waals surface area contributed by atoms with Gasteiger partial charge in [-0.3, -0.25) is 0 Å². The molecule has 2 aromatic rings. The summed E-state index contributed by atoms with van der Waals surface area (Å²) in [6, 6.07) is 5.76. The highest BCUT2D eigenvalue weighted by Crippen LogP contribution is 2.34. The molecule has 0 bridgehead atoms. The Labute approximate surface area is 126 Å². The molecule has 0 aliphatic rings. The molecule has 6 heteroatoms. The highest BCUT2D eigenvalue weighted by Gasteiger charge is 2.13. The van der Waals surface area contributed by atoms with E-state index in [1.54, 1.807) is 0 Å². The second-order valence-electron chi connectivity index (χ2n) is 4.60. The molecule has 0 radical (unpaired) electrons. The van der Waals surface area contributed by atoms with E-state index in [0.717, 1.165) is 10.0 Å². The minimum absolute atomic E-state index is 0.0221. The molecule has 0 unspecified atom stereocenters. The molecule has 1 heterocycles. The molecule has 2 rings (SSSR count). The van der Waals surface area contributed by atoms with Crippen molar-refractivity contribution in [2.24, 2.45) is 0 Å². The molecule has 0 fully saturated rings. The summed E-state index contributed by atoms with van der Waals surface area (Å²) in [6.45, 7) is 5.81. The first-order valence-corrected chi connectivity index (χ1v) is 6.98. The van der Waals surface area contributed by atoms with E-state index in [0.29, 0.717) is 11.6 Å². The zero-order chi connectivity index (χ0) is 14.7. The average Bonchev–Trinajstić information content (AvgIpc) is 2.36. The summed E-state index contributed by atoms with van der Waals surface area (Å²) in [5.41, 5.74) is 7.38. The van der Waals surface area contributed by atoms with E-state index < -0.39 is 0 Å². The average molecular weight is 338 g/mol. The number of aryl methyl sites for hydroxylation is 1. The summed E-state index contributed by atoms with van der Waals surface area (Å²) in [5, 5.41) is 0. The van der Waals surface area contributed by atoms with Crippen LogP contribution in [-0.4, -0.2) is 16.1 Å². The van der Waals surface area contributed by atoms with Gasteiger partial charge in [-0.2, -0.15) is 9.97 Å². The van der Waals surface area contributed by atoms with Crippen LogP contribution in [0.15, 0.2) is 29.0 Å². The molecule has 0 aliphatic carbocycles. The number of benzene rings is 1. The van der Waals surface area contributed by atoms with Crippen LogP contribution in [-0.2, 0) is 0 Å². The van der Waals surface area contributed by atoms with Crippen molar-refractivity contribution in [1.29, 1.82) is 0 Å². The molecule has 1 aromatic carbocycles. The van der Waals surface area contributed by atoms with E-state index in [1.165, 1.54) is 6.33 Å². The number of aromatic nitrogens is 2. The summed E-state index contributed by atoms with van der Waals surface area (Å²) >= 11 is 3.45. The largest absolute Gasteiger partial charge is 0.473 e. The van der Waals surface area contributed by atoms with Gasteiger partial charge in [0.1, 0.15) is 12.1 Å². The lowest BCUT2D eigenvalue weighted by Gasteiger charge is -2.13. The molecule has 106 valence electrons. The molecule has 20 heavy (non-hydrogen) atoms. The number of nitrogens with two attached hydrogens (primary N) is 1. The van der Waals surface area contributed by atoms with E-state index in [-0.39, 0.29) is 17.7 Å². The maximum atomic E-state index is 5.97. The first kappa shape index (κ1) is 14.6. The van der Waals surface area contributed by atoms with E-state index in [4.69, 9.17) is 15.2 Å². The zero-order valence-corrected chi connectivity index (χ0v) is 13.1. The number of halogens is 1. The summed E-state index contributed by atoms with van der Waals surface area (Å²) in [6.07, 6.45) is 1.34. The number of rotatable bonds is 4. The Kier molecular flexibility index (Phi) is 4.44. The molecule has 2 N–H and O–H groups in total. The number of hydrogen-bond donors (Lipinski definition) is 1.